The highest BCUT2D eigenvalue weighted by Crippen LogP contribution is 2.52. The lowest BCUT2D eigenvalue weighted by atomic mass is 9.90. The summed E-state index contributed by atoms with van der Waals surface area (Å²) in [6.45, 7) is -0.131. The first-order valence-electron chi connectivity index (χ1n) is 10.9. The second-order valence-corrected chi connectivity index (χ2v) is 8.45. The third-order valence-corrected chi connectivity index (χ3v) is 6.61. The number of benzene rings is 2. The van der Waals surface area contributed by atoms with E-state index in [1.54, 1.807) is 26.2 Å². The third-order valence-electron chi connectivity index (χ3n) is 6.61. The second-order valence-electron chi connectivity index (χ2n) is 8.45. The second kappa shape index (κ2) is 8.20. The zero-order valence-electron chi connectivity index (χ0n) is 18.5. The van der Waals surface area contributed by atoms with Gasteiger partial charge in [0.1, 0.15) is 5.75 Å². The Bertz CT molecular complexity index is 1080. The summed E-state index contributed by atoms with van der Waals surface area (Å²) < 4.78 is 41.7. The van der Waals surface area contributed by atoms with Gasteiger partial charge in [0.25, 0.3) is 0 Å². The van der Waals surface area contributed by atoms with E-state index in [2.05, 4.69) is 4.74 Å². The molecule has 0 aromatic heterocycles. The van der Waals surface area contributed by atoms with Crippen molar-refractivity contribution in [1.82, 2.24) is 9.91 Å². The van der Waals surface area contributed by atoms with Crippen molar-refractivity contribution in [3.63, 3.8) is 0 Å². The van der Waals surface area contributed by atoms with Crippen molar-refractivity contribution in [3.05, 3.63) is 53.6 Å². The van der Waals surface area contributed by atoms with Gasteiger partial charge in [-0.2, -0.15) is 13.9 Å². The van der Waals surface area contributed by atoms with Crippen LogP contribution in [0.1, 0.15) is 43.4 Å². The van der Waals surface area contributed by atoms with E-state index >= 15 is 0 Å². The number of fused-ring (bicyclic) bond motifs is 4. The lowest BCUT2D eigenvalue weighted by Crippen LogP contribution is -2.59. The number of piperidine rings is 1. The molecular formula is C24H25F2N3O4. The number of halogens is 2. The average molecular weight is 457 g/mol. The van der Waals surface area contributed by atoms with Crippen molar-refractivity contribution in [2.75, 3.05) is 20.2 Å². The summed E-state index contributed by atoms with van der Waals surface area (Å²) in [5, 5.41) is 7.00. The molecule has 3 aliphatic rings. The number of hydrogen-bond acceptors (Lipinski definition) is 6. The minimum atomic E-state index is -2.86. The maximum absolute atomic E-state index is 12.5. The molecule has 0 aliphatic carbocycles. The van der Waals surface area contributed by atoms with Gasteiger partial charge in [-0.15, -0.1) is 0 Å². The topological polar surface area (TPSA) is 63.6 Å². The molecule has 7 nitrogen and oxygen atoms in total. The van der Waals surface area contributed by atoms with E-state index in [1.807, 2.05) is 28.1 Å². The Labute approximate surface area is 190 Å². The van der Waals surface area contributed by atoms with Crippen molar-refractivity contribution in [2.24, 2.45) is 5.10 Å². The Hall–Kier alpha value is -3.36. The Balaban J connectivity index is 1.51. The summed E-state index contributed by atoms with van der Waals surface area (Å²) in [5.41, 5.74) is 1.98. The number of hydrazone groups is 1. The molecule has 3 aliphatic heterocycles. The van der Waals surface area contributed by atoms with Crippen LogP contribution in [0, 0.1) is 0 Å². The molecule has 3 heterocycles. The zero-order chi connectivity index (χ0) is 23.2. The molecular weight excluding hydrogens is 432 g/mol. The van der Waals surface area contributed by atoms with E-state index < -0.39 is 12.3 Å². The molecule has 1 unspecified atom stereocenters. The lowest BCUT2D eigenvalue weighted by molar-refractivity contribution is -0.159. The van der Waals surface area contributed by atoms with Gasteiger partial charge < -0.3 is 19.1 Å². The van der Waals surface area contributed by atoms with Gasteiger partial charge in [-0.1, -0.05) is 12.1 Å². The molecule has 0 saturated carbocycles. The van der Waals surface area contributed by atoms with Crippen molar-refractivity contribution in [1.29, 1.82) is 0 Å². The monoisotopic (exact) mass is 457 g/mol. The van der Waals surface area contributed by atoms with Gasteiger partial charge in [0.15, 0.2) is 11.5 Å². The highest BCUT2D eigenvalue weighted by Gasteiger charge is 2.52. The number of carbonyl (C=O) groups is 1. The summed E-state index contributed by atoms with van der Waals surface area (Å²) in [6, 6.07) is 12.3. The van der Waals surface area contributed by atoms with Gasteiger partial charge in [0, 0.05) is 44.8 Å². The summed E-state index contributed by atoms with van der Waals surface area (Å²) in [5.74, 6) is 1.54. The van der Waals surface area contributed by atoms with Crippen molar-refractivity contribution >= 4 is 11.6 Å². The van der Waals surface area contributed by atoms with Crippen LogP contribution in [-0.4, -0.2) is 54.1 Å². The molecule has 1 atom stereocenters. The van der Waals surface area contributed by atoms with Crippen LogP contribution in [0.5, 0.6) is 17.2 Å². The van der Waals surface area contributed by atoms with Crippen LogP contribution in [0.4, 0.5) is 8.78 Å². The summed E-state index contributed by atoms with van der Waals surface area (Å²) in [7, 11) is 1.62. The number of amides is 1. The minimum absolute atomic E-state index is 0.0481. The van der Waals surface area contributed by atoms with Crippen molar-refractivity contribution < 1.29 is 27.8 Å². The maximum atomic E-state index is 12.5. The predicted octanol–water partition coefficient (Wildman–Crippen LogP) is 4.18. The number of likely N-dealkylation sites (tertiary alicyclic amines) is 1. The number of hydrogen-bond donors (Lipinski definition) is 0. The standard InChI is InChI=1S/C24H25F2N3O4/c1-15(30)28-12-10-24(11-13-28)29-20(18-4-3-5-21(31-2)22(18)33-24)14-19(27-29)16-6-8-17(9-7-16)32-23(25)26/h3-9,20,23H,10-14H2,1-2H3. The summed E-state index contributed by atoms with van der Waals surface area (Å²) >= 11 is 0. The number of alkyl halides is 2. The lowest BCUT2D eigenvalue weighted by Gasteiger charge is -2.51. The van der Waals surface area contributed by atoms with Gasteiger partial charge in [0.2, 0.25) is 11.6 Å². The van der Waals surface area contributed by atoms with E-state index in [9.17, 15) is 13.6 Å². The number of carbonyl (C=O) groups excluding carboxylic acids is 1. The van der Waals surface area contributed by atoms with E-state index in [1.165, 1.54) is 12.1 Å². The van der Waals surface area contributed by atoms with Gasteiger partial charge in [-0.05, 0) is 35.9 Å². The molecule has 1 spiro atoms. The average Bonchev–Trinajstić information content (AvgIpc) is 3.26. The Morgan fingerprint density at radius 2 is 1.91 bits per heavy atom. The maximum Gasteiger partial charge on any atom is 0.387 e. The fraction of sp³-hybridized carbons (Fsp3) is 0.417. The smallest absolute Gasteiger partial charge is 0.387 e. The first-order chi connectivity index (χ1) is 15.9. The number of para-hydroxylation sites is 1. The van der Waals surface area contributed by atoms with Crippen LogP contribution < -0.4 is 14.2 Å². The molecule has 174 valence electrons. The van der Waals surface area contributed by atoms with Crippen LogP contribution in [0.2, 0.25) is 0 Å². The molecule has 0 bridgehead atoms. The number of ether oxygens (including phenoxy) is 3. The molecule has 1 amide bonds. The number of rotatable bonds is 4. The molecule has 33 heavy (non-hydrogen) atoms. The fourth-order valence-electron chi connectivity index (χ4n) is 4.94. The van der Waals surface area contributed by atoms with Crippen molar-refractivity contribution in [2.45, 2.75) is 44.6 Å². The van der Waals surface area contributed by atoms with Crippen LogP contribution in [-0.2, 0) is 4.79 Å². The molecule has 9 heteroatoms. The number of methoxy groups -OCH3 is 1. The first kappa shape index (κ1) is 21.5. The third kappa shape index (κ3) is 3.75. The summed E-state index contributed by atoms with van der Waals surface area (Å²) in [4.78, 5) is 13.7. The predicted molar refractivity (Wildman–Crippen MR) is 117 cm³/mol. The van der Waals surface area contributed by atoms with E-state index in [0.717, 1.165) is 22.6 Å². The molecule has 1 fully saturated rings. The van der Waals surface area contributed by atoms with Gasteiger partial charge in [-0.25, -0.2) is 5.01 Å². The van der Waals surface area contributed by atoms with Gasteiger partial charge in [-0.3, -0.25) is 4.79 Å². The van der Waals surface area contributed by atoms with E-state index in [4.69, 9.17) is 14.6 Å². The molecule has 0 radical (unpaired) electrons. The highest BCUT2D eigenvalue weighted by molar-refractivity contribution is 6.02. The minimum Gasteiger partial charge on any atom is -0.493 e. The zero-order valence-corrected chi connectivity index (χ0v) is 18.5. The van der Waals surface area contributed by atoms with Crippen molar-refractivity contribution in [3.8, 4) is 17.2 Å². The fourth-order valence-corrected chi connectivity index (χ4v) is 4.94. The normalized spacial score (nSPS) is 20.8. The van der Waals surface area contributed by atoms with E-state index in [0.29, 0.717) is 38.1 Å². The van der Waals surface area contributed by atoms with Gasteiger partial charge >= 0.3 is 6.61 Å². The molecule has 2 aromatic rings. The molecule has 1 saturated heterocycles. The molecule has 5 rings (SSSR count). The molecule has 2 aromatic carbocycles. The largest absolute Gasteiger partial charge is 0.493 e. The number of nitrogens with zero attached hydrogens (tertiary/aromatic N) is 3. The van der Waals surface area contributed by atoms with Gasteiger partial charge in [0.05, 0.1) is 18.9 Å². The first-order valence-corrected chi connectivity index (χ1v) is 10.9. The molecule has 0 N–H and O–H groups in total. The van der Waals surface area contributed by atoms with E-state index in [-0.39, 0.29) is 17.7 Å². The Morgan fingerprint density at radius 1 is 1.18 bits per heavy atom. The quantitative estimate of drug-likeness (QED) is 0.689. The van der Waals surface area contributed by atoms with Crippen LogP contribution in [0.3, 0.4) is 0 Å². The van der Waals surface area contributed by atoms with Crippen LogP contribution >= 0.6 is 0 Å². The SMILES string of the molecule is COc1cccc2c1OC1(CCN(C(C)=O)CC1)N1N=C(c3ccc(OC(F)F)cc3)CC21. The Morgan fingerprint density at radius 3 is 2.55 bits per heavy atom. The van der Waals surface area contributed by atoms with Crippen LogP contribution in [0.15, 0.2) is 47.6 Å². The Kier molecular flexibility index (Phi) is 5.34. The highest BCUT2D eigenvalue weighted by atomic mass is 19.3. The van der Waals surface area contributed by atoms with Crippen LogP contribution in [0.25, 0.3) is 0 Å². The summed E-state index contributed by atoms with van der Waals surface area (Å²) in [6.07, 6.45) is 1.85.